The van der Waals surface area contributed by atoms with Gasteiger partial charge in [0.1, 0.15) is 18.9 Å². The minimum atomic E-state index is -2.39. The summed E-state index contributed by atoms with van der Waals surface area (Å²) in [6, 6.07) is 0. The summed E-state index contributed by atoms with van der Waals surface area (Å²) in [6.07, 6.45) is -3.40. The van der Waals surface area contributed by atoms with Crippen LogP contribution in [0, 0.1) is 6.92 Å². The van der Waals surface area contributed by atoms with Gasteiger partial charge in [-0.1, -0.05) is 0 Å². The molecule has 0 aromatic carbocycles. The third-order valence-electron chi connectivity index (χ3n) is 3.39. The summed E-state index contributed by atoms with van der Waals surface area (Å²) >= 11 is 0. The summed E-state index contributed by atoms with van der Waals surface area (Å²) in [6.45, 7) is -0.630. The molecule has 112 valence electrons. The maximum Gasteiger partial charge on any atom is 0.330 e. The second-order valence-electron chi connectivity index (χ2n) is 4.76. The van der Waals surface area contributed by atoms with Gasteiger partial charge >= 0.3 is 5.69 Å². The van der Waals surface area contributed by atoms with E-state index in [2.05, 4.69) is 0 Å². The van der Waals surface area contributed by atoms with Crippen LogP contribution in [0.2, 0.25) is 0 Å². The Bertz CT molecular complexity index is 614. The summed E-state index contributed by atoms with van der Waals surface area (Å²) in [5.41, 5.74) is -3.77. The molecule has 2 rings (SSSR count). The lowest BCUT2D eigenvalue weighted by molar-refractivity contribution is -0.121. The van der Waals surface area contributed by atoms with Gasteiger partial charge < -0.3 is 20.1 Å². The summed E-state index contributed by atoms with van der Waals surface area (Å²) in [4.78, 5) is 25.0. The zero-order valence-electron chi connectivity index (χ0n) is 10.6. The number of aryl methyl sites for hydroxylation is 1. The van der Waals surface area contributed by atoms with Crippen molar-refractivity contribution in [2.24, 2.45) is 0 Å². The molecule has 1 saturated heterocycles. The summed E-state index contributed by atoms with van der Waals surface area (Å²) in [7, 11) is 0. The van der Waals surface area contributed by atoms with Crippen molar-refractivity contribution >= 4 is 0 Å². The number of halogens is 1. The molecule has 0 aliphatic carbocycles. The van der Waals surface area contributed by atoms with Gasteiger partial charge in [-0.3, -0.25) is 14.3 Å². The van der Waals surface area contributed by atoms with E-state index in [1.54, 1.807) is 0 Å². The lowest BCUT2D eigenvalue weighted by Gasteiger charge is -2.28. The number of aliphatic hydroxyl groups is 3. The van der Waals surface area contributed by atoms with Crippen molar-refractivity contribution < 1.29 is 24.4 Å². The van der Waals surface area contributed by atoms with E-state index < -0.39 is 48.6 Å². The maximum atomic E-state index is 13.1. The Kier molecular flexibility index (Phi) is 3.78. The standard InChI is InChI=1S/C11H15FN2O6/c1-5-2-14(10(18)13-8(5)17)9-11(19,4-12)7(16)6(3-15)20-9/h2,6-7,9,15-16,19H,3-4H2,1H3,(H,13,17,18)/t6-,7-,9-,11-/m1/s1. The van der Waals surface area contributed by atoms with E-state index in [1.807, 2.05) is 4.98 Å². The van der Waals surface area contributed by atoms with Crippen LogP contribution in [-0.2, 0) is 4.74 Å². The molecule has 0 radical (unpaired) electrons. The number of H-pyrrole nitrogens is 1. The van der Waals surface area contributed by atoms with Gasteiger partial charge in [-0.05, 0) is 6.92 Å². The number of aromatic amines is 1. The van der Waals surface area contributed by atoms with E-state index in [9.17, 15) is 24.2 Å². The highest BCUT2D eigenvalue weighted by atomic mass is 19.1. The third-order valence-corrected chi connectivity index (χ3v) is 3.39. The quantitative estimate of drug-likeness (QED) is 0.500. The molecule has 0 bridgehead atoms. The number of hydrogen-bond donors (Lipinski definition) is 4. The first-order chi connectivity index (χ1) is 9.35. The molecule has 4 N–H and O–H groups in total. The zero-order valence-corrected chi connectivity index (χ0v) is 10.6. The lowest BCUT2D eigenvalue weighted by Crippen LogP contribution is -2.51. The van der Waals surface area contributed by atoms with E-state index in [0.717, 1.165) is 10.8 Å². The molecule has 2 heterocycles. The smallest absolute Gasteiger partial charge is 0.330 e. The molecule has 0 saturated carbocycles. The third kappa shape index (κ3) is 2.08. The first kappa shape index (κ1) is 14.9. The molecule has 1 aliphatic heterocycles. The van der Waals surface area contributed by atoms with Crippen LogP contribution in [0.4, 0.5) is 4.39 Å². The molecule has 1 aromatic heterocycles. The Labute approximate surface area is 112 Å². The van der Waals surface area contributed by atoms with Crippen molar-refractivity contribution in [3.05, 3.63) is 32.6 Å². The van der Waals surface area contributed by atoms with Crippen molar-refractivity contribution in [1.29, 1.82) is 0 Å². The largest absolute Gasteiger partial charge is 0.394 e. The molecule has 0 unspecified atom stereocenters. The molecule has 9 heteroatoms. The maximum absolute atomic E-state index is 13.1. The van der Waals surface area contributed by atoms with Crippen LogP contribution in [0.3, 0.4) is 0 Å². The van der Waals surface area contributed by atoms with Gasteiger partial charge in [-0.15, -0.1) is 0 Å². The molecule has 1 aromatic rings. The number of hydrogen-bond acceptors (Lipinski definition) is 6. The molecule has 0 spiro atoms. The van der Waals surface area contributed by atoms with Crippen molar-refractivity contribution in [2.45, 2.75) is 31.0 Å². The van der Waals surface area contributed by atoms with Crippen molar-refractivity contribution in [3.8, 4) is 0 Å². The number of ether oxygens (including phenoxy) is 1. The van der Waals surface area contributed by atoms with Crippen LogP contribution in [0.25, 0.3) is 0 Å². The molecular formula is C11H15FN2O6. The summed E-state index contributed by atoms with van der Waals surface area (Å²) in [5.74, 6) is 0. The van der Waals surface area contributed by atoms with Crippen LogP contribution in [-0.4, -0.2) is 56.0 Å². The fourth-order valence-corrected chi connectivity index (χ4v) is 2.18. The van der Waals surface area contributed by atoms with E-state index in [4.69, 9.17) is 9.84 Å². The number of nitrogens with zero attached hydrogens (tertiary/aromatic N) is 1. The minimum absolute atomic E-state index is 0.149. The average Bonchev–Trinajstić information content (AvgIpc) is 2.67. The van der Waals surface area contributed by atoms with Gasteiger partial charge in [-0.2, -0.15) is 0 Å². The van der Waals surface area contributed by atoms with Crippen LogP contribution in [0.15, 0.2) is 15.8 Å². The molecular weight excluding hydrogens is 275 g/mol. The second-order valence-corrected chi connectivity index (χ2v) is 4.76. The number of rotatable bonds is 3. The Morgan fingerprint density at radius 3 is 2.75 bits per heavy atom. The molecule has 8 nitrogen and oxygen atoms in total. The number of aromatic nitrogens is 2. The highest BCUT2D eigenvalue weighted by Gasteiger charge is 2.56. The molecule has 4 atom stereocenters. The monoisotopic (exact) mass is 290 g/mol. The van der Waals surface area contributed by atoms with Gasteiger partial charge in [0.05, 0.1) is 6.61 Å². The summed E-state index contributed by atoms with van der Waals surface area (Å²) < 4.78 is 19.1. The second kappa shape index (κ2) is 5.09. The van der Waals surface area contributed by atoms with E-state index >= 15 is 0 Å². The summed E-state index contributed by atoms with van der Waals surface area (Å²) in [5, 5.41) is 29.0. The van der Waals surface area contributed by atoms with Crippen LogP contribution >= 0.6 is 0 Å². The normalized spacial score (nSPS) is 33.5. The minimum Gasteiger partial charge on any atom is -0.394 e. The Balaban J connectivity index is 2.54. The topological polar surface area (TPSA) is 125 Å². The number of alkyl halides is 1. The number of aliphatic hydroxyl groups excluding tert-OH is 2. The van der Waals surface area contributed by atoms with E-state index in [-0.39, 0.29) is 5.56 Å². The predicted molar refractivity (Wildman–Crippen MR) is 64.0 cm³/mol. The average molecular weight is 290 g/mol. The van der Waals surface area contributed by atoms with Gasteiger partial charge in [0, 0.05) is 11.8 Å². The molecule has 20 heavy (non-hydrogen) atoms. The van der Waals surface area contributed by atoms with Gasteiger partial charge in [0.25, 0.3) is 5.56 Å². The fourth-order valence-electron chi connectivity index (χ4n) is 2.18. The lowest BCUT2D eigenvalue weighted by atomic mass is 9.95. The van der Waals surface area contributed by atoms with Crippen molar-refractivity contribution in [1.82, 2.24) is 9.55 Å². The van der Waals surface area contributed by atoms with Crippen molar-refractivity contribution in [3.63, 3.8) is 0 Å². The molecule has 0 amide bonds. The van der Waals surface area contributed by atoms with Crippen LogP contribution in [0.5, 0.6) is 0 Å². The van der Waals surface area contributed by atoms with Gasteiger partial charge in [-0.25, -0.2) is 9.18 Å². The van der Waals surface area contributed by atoms with Gasteiger partial charge in [0.2, 0.25) is 0 Å². The highest BCUT2D eigenvalue weighted by Crippen LogP contribution is 2.37. The zero-order chi connectivity index (χ0) is 15.1. The Hall–Kier alpha value is -1.55. The fraction of sp³-hybridized carbons (Fsp3) is 0.636. The Morgan fingerprint density at radius 2 is 2.20 bits per heavy atom. The van der Waals surface area contributed by atoms with E-state index in [0.29, 0.717) is 0 Å². The highest BCUT2D eigenvalue weighted by molar-refractivity contribution is 5.07. The predicted octanol–water partition coefficient (Wildman–Crippen LogP) is -2.20. The Morgan fingerprint density at radius 1 is 1.55 bits per heavy atom. The van der Waals surface area contributed by atoms with Crippen molar-refractivity contribution in [2.75, 3.05) is 13.3 Å². The van der Waals surface area contributed by atoms with Crippen LogP contribution < -0.4 is 11.2 Å². The first-order valence-corrected chi connectivity index (χ1v) is 5.90. The molecule has 1 aliphatic rings. The van der Waals surface area contributed by atoms with E-state index in [1.165, 1.54) is 6.92 Å². The molecule has 1 fully saturated rings. The number of nitrogens with one attached hydrogen (secondary N) is 1. The first-order valence-electron chi connectivity index (χ1n) is 5.90. The SMILES string of the molecule is Cc1cn([C@@H]2O[C@H](CO)[C@@H](O)[C@]2(O)CF)c(=O)[nH]c1=O. The van der Waals surface area contributed by atoms with Gasteiger partial charge in [0.15, 0.2) is 11.8 Å². The van der Waals surface area contributed by atoms with Crippen LogP contribution in [0.1, 0.15) is 11.8 Å².